The number of urea groups is 1. The van der Waals surface area contributed by atoms with Gasteiger partial charge in [0.05, 0.1) is 5.56 Å². The Morgan fingerprint density at radius 1 is 1.00 bits per heavy atom. The Hall–Kier alpha value is -3.40. The SMILES string of the molecule is CC1(Cc2ncc(C(=O)Cc3cc(-c4cccs4)ccc3N)cn2)CCN(C(=O)N2CCC(F)(F)CC2)CC1. The highest BCUT2D eigenvalue weighted by atomic mass is 32.1. The smallest absolute Gasteiger partial charge is 0.320 e. The second kappa shape index (κ2) is 11.0. The van der Waals surface area contributed by atoms with Gasteiger partial charge in [-0.2, -0.15) is 0 Å². The summed E-state index contributed by atoms with van der Waals surface area (Å²) in [4.78, 5) is 39.2. The van der Waals surface area contributed by atoms with E-state index in [4.69, 9.17) is 5.73 Å². The van der Waals surface area contributed by atoms with E-state index < -0.39 is 5.92 Å². The van der Waals surface area contributed by atoms with Crippen molar-refractivity contribution in [2.45, 2.75) is 51.4 Å². The number of hydrogen-bond acceptors (Lipinski definition) is 6. The van der Waals surface area contributed by atoms with Crippen LogP contribution in [0, 0.1) is 5.41 Å². The van der Waals surface area contributed by atoms with Crippen LogP contribution in [0.5, 0.6) is 0 Å². The van der Waals surface area contributed by atoms with Crippen molar-refractivity contribution in [3.8, 4) is 10.4 Å². The van der Waals surface area contributed by atoms with Crippen LogP contribution in [0.4, 0.5) is 19.3 Å². The number of carbonyl (C=O) groups excluding carboxylic acids is 2. The number of nitrogen functional groups attached to an aromatic ring is 1. The Balaban J connectivity index is 1.15. The Morgan fingerprint density at radius 3 is 2.26 bits per heavy atom. The first-order valence-corrected chi connectivity index (χ1v) is 14.2. The largest absolute Gasteiger partial charge is 0.398 e. The van der Waals surface area contributed by atoms with Gasteiger partial charge in [-0.25, -0.2) is 23.5 Å². The monoisotopic (exact) mass is 553 g/mol. The first kappa shape index (κ1) is 27.2. The molecule has 5 rings (SSSR count). The number of aromatic nitrogens is 2. The third kappa shape index (κ3) is 6.43. The summed E-state index contributed by atoms with van der Waals surface area (Å²) < 4.78 is 26.9. The first-order valence-electron chi connectivity index (χ1n) is 13.3. The van der Waals surface area contributed by atoms with Gasteiger partial charge in [-0.05, 0) is 53.0 Å². The van der Waals surface area contributed by atoms with Gasteiger partial charge in [0.25, 0.3) is 5.92 Å². The van der Waals surface area contributed by atoms with E-state index in [-0.39, 0.29) is 49.6 Å². The van der Waals surface area contributed by atoms with E-state index in [1.807, 2.05) is 35.7 Å². The molecular formula is C29H33F2N5O2S. The number of Topliss-reactive ketones (excluding diaryl/α,β-unsaturated/α-hetero) is 1. The Bertz CT molecular complexity index is 1310. The van der Waals surface area contributed by atoms with E-state index in [2.05, 4.69) is 16.9 Å². The van der Waals surface area contributed by atoms with Crippen molar-refractivity contribution >= 4 is 28.8 Å². The zero-order chi connectivity index (χ0) is 27.6. The molecule has 7 nitrogen and oxygen atoms in total. The van der Waals surface area contributed by atoms with Gasteiger partial charge in [-0.15, -0.1) is 11.3 Å². The van der Waals surface area contributed by atoms with Gasteiger partial charge in [0.1, 0.15) is 5.82 Å². The van der Waals surface area contributed by atoms with Crippen molar-refractivity contribution in [3.63, 3.8) is 0 Å². The maximum absolute atomic E-state index is 13.5. The maximum Gasteiger partial charge on any atom is 0.320 e. The molecule has 0 radical (unpaired) electrons. The number of alkyl halides is 2. The van der Waals surface area contributed by atoms with Crippen molar-refractivity contribution in [2.24, 2.45) is 5.41 Å². The second-order valence-electron chi connectivity index (χ2n) is 11.0. The highest BCUT2D eigenvalue weighted by molar-refractivity contribution is 7.13. The van der Waals surface area contributed by atoms with Crippen LogP contribution >= 0.6 is 11.3 Å². The molecule has 3 aromatic rings. The minimum atomic E-state index is -2.67. The number of likely N-dealkylation sites (tertiary alicyclic amines) is 2. The molecule has 206 valence electrons. The summed E-state index contributed by atoms with van der Waals surface area (Å²) in [7, 11) is 0. The number of piperidine rings is 2. The molecule has 2 N–H and O–H groups in total. The van der Waals surface area contributed by atoms with Crippen molar-refractivity contribution in [1.29, 1.82) is 0 Å². The van der Waals surface area contributed by atoms with Crippen molar-refractivity contribution in [1.82, 2.24) is 19.8 Å². The summed E-state index contributed by atoms with van der Waals surface area (Å²) in [6, 6.07) is 9.64. The number of halogens is 2. The molecule has 2 saturated heterocycles. The molecule has 0 bridgehead atoms. The van der Waals surface area contributed by atoms with Gasteiger partial charge in [0, 0.05) is 74.8 Å². The van der Waals surface area contributed by atoms with E-state index in [1.54, 1.807) is 33.5 Å². The van der Waals surface area contributed by atoms with E-state index >= 15 is 0 Å². The Morgan fingerprint density at radius 2 is 1.64 bits per heavy atom. The Labute approximate surface area is 231 Å². The molecule has 0 spiro atoms. The molecule has 10 heteroatoms. The van der Waals surface area contributed by atoms with Crippen LogP contribution in [-0.2, 0) is 12.8 Å². The predicted molar refractivity (Wildman–Crippen MR) is 148 cm³/mol. The fraction of sp³-hybridized carbons (Fsp3) is 0.448. The third-order valence-electron chi connectivity index (χ3n) is 7.92. The van der Waals surface area contributed by atoms with Gasteiger partial charge in [-0.3, -0.25) is 4.79 Å². The van der Waals surface area contributed by atoms with E-state index in [0.717, 1.165) is 28.8 Å². The van der Waals surface area contributed by atoms with Crippen LogP contribution in [-0.4, -0.2) is 63.7 Å². The number of thiophene rings is 1. The number of amides is 2. The molecule has 2 aliphatic rings. The molecular weight excluding hydrogens is 520 g/mol. The summed E-state index contributed by atoms with van der Waals surface area (Å²) in [5.74, 6) is -2.10. The van der Waals surface area contributed by atoms with Gasteiger partial charge >= 0.3 is 6.03 Å². The minimum absolute atomic E-state index is 0.0894. The number of hydrogen-bond donors (Lipinski definition) is 1. The van der Waals surface area contributed by atoms with Gasteiger partial charge in [0.15, 0.2) is 5.78 Å². The number of anilines is 1. The fourth-order valence-corrected chi connectivity index (χ4v) is 5.97. The lowest BCUT2D eigenvalue weighted by Gasteiger charge is -2.42. The van der Waals surface area contributed by atoms with Crippen LogP contribution < -0.4 is 5.73 Å². The number of nitrogens with zero attached hydrogens (tertiary/aromatic N) is 4. The summed E-state index contributed by atoms with van der Waals surface area (Å²) in [6.07, 6.45) is 4.97. The predicted octanol–water partition coefficient (Wildman–Crippen LogP) is 5.71. The van der Waals surface area contributed by atoms with Crippen molar-refractivity contribution < 1.29 is 18.4 Å². The first-order chi connectivity index (χ1) is 18.6. The topological polar surface area (TPSA) is 92.4 Å². The summed E-state index contributed by atoms with van der Waals surface area (Å²) in [6.45, 7) is 3.51. The fourth-order valence-electron chi connectivity index (χ4n) is 5.24. The van der Waals surface area contributed by atoms with Gasteiger partial charge < -0.3 is 15.5 Å². The zero-order valence-electron chi connectivity index (χ0n) is 22.0. The highest BCUT2D eigenvalue weighted by Crippen LogP contribution is 2.35. The highest BCUT2D eigenvalue weighted by Gasteiger charge is 2.39. The normalized spacial score (nSPS) is 18.6. The third-order valence-corrected chi connectivity index (χ3v) is 8.84. The number of carbonyl (C=O) groups is 2. The molecule has 2 fully saturated rings. The quantitative estimate of drug-likeness (QED) is 0.312. The zero-order valence-corrected chi connectivity index (χ0v) is 22.9. The second-order valence-corrected chi connectivity index (χ2v) is 11.9. The van der Waals surface area contributed by atoms with Crippen LogP contribution in [0.2, 0.25) is 0 Å². The van der Waals surface area contributed by atoms with Gasteiger partial charge in [0.2, 0.25) is 0 Å². The lowest BCUT2D eigenvalue weighted by atomic mass is 9.77. The average Bonchev–Trinajstić information content (AvgIpc) is 3.45. The maximum atomic E-state index is 13.5. The molecule has 2 amide bonds. The lowest BCUT2D eigenvalue weighted by Crippen LogP contribution is -2.52. The molecule has 0 saturated carbocycles. The summed E-state index contributed by atoms with van der Waals surface area (Å²) in [5, 5.41) is 2.01. The lowest BCUT2D eigenvalue weighted by molar-refractivity contribution is -0.0499. The van der Waals surface area contributed by atoms with Crippen LogP contribution in [0.3, 0.4) is 0 Å². The van der Waals surface area contributed by atoms with Crippen LogP contribution in [0.25, 0.3) is 10.4 Å². The van der Waals surface area contributed by atoms with Crippen molar-refractivity contribution in [2.75, 3.05) is 31.9 Å². The summed E-state index contributed by atoms with van der Waals surface area (Å²) in [5.41, 5.74) is 8.90. The van der Waals surface area contributed by atoms with Crippen LogP contribution in [0.15, 0.2) is 48.1 Å². The van der Waals surface area contributed by atoms with Gasteiger partial charge in [-0.1, -0.05) is 19.1 Å². The standard InChI is InChI=1S/C29H33F2N5O2S/c1-28(6-10-35(11-7-28)27(38)36-12-8-29(30,31)9-13-36)17-26-33-18-22(19-34-26)24(37)16-21-15-20(4-5-23(21)32)25-3-2-14-39-25/h2-5,14-15,18-19H,6-13,16-17,32H2,1H3. The van der Waals surface area contributed by atoms with Crippen LogP contribution in [0.1, 0.15) is 54.4 Å². The molecule has 1 aromatic carbocycles. The van der Waals surface area contributed by atoms with E-state index in [9.17, 15) is 18.4 Å². The molecule has 0 atom stereocenters. The average molecular weight is 554 g/mol. The number of nitrogens with two attached hydrogens (primary N) is 1. The minimum Gasteiger partial charge on any atom is -0.398 e. The van der Waals surface area contributed by atoms with E-state index in [1.165, 1.54) is 0 Å². The number of ketones is 1. The Kier molecular flexibility index (Phi) is 7.66. The molecule has 0 aliphatic carbocycles. The molecule has 2 aromatic heterocycles. The van der Waals surface area contributed by atoms with Crippen molar-refractivity contribution in [3.05, 3.63) is 65.1 Å². The molecule has 0 unspecified atom stereocenters. The number of rotatable bonds is 6. The van der Waals surface area contributed by atoms with E-state index in [0.29, 0.717) is 36.6 Å². The molecule has 2 aliphatic heterocycles. The molecule has 39 heavy (non-hydrogen) atoms. The summed E-state index contributed by atoms with van der Waals surface area (Å²) >= 11 is 1.64. The molecule has 4 heterocycles. The number of benzene rings is 1.